The highest BCUT2D eigenvalue weighted by Gasteiger charge is 2.00. The summed E-state index contributed by atoms with van der Waals surface area (Å²) in [6.07, 6.45) is 0. The first-order valence-electron chi connectivity index (χ1n) is 2.92. The van der Waals surface area contributed by atoms with E-state index in [0.29, 0.717) is 11.6 Å². The lowest BCUT2D eigenvalue weighted by molar-refractivity contribution is 0.475. The van der Waals surface area contributed by atoms with Gasteiger partial charge in [0, 0.05) is 6.54 Å². The number of nitrogens with two attached hydrogens (primary N) is 1. The standard InChI is InChI=1S/C7H8ClNO.BrH/c8-7-5(4-9)2-1-3-6(7)10;/h1-3,10H,4,9H2;1H. The van der Waals surface area contributed by atoms with Crippen molar-refractivity contribution < 1.29 is 5.11 Å². The third kappa shape index (κ3) is 2.36. The summed E-state index contributed by atoms with van der Waals surface area (Å²) in [6.45, 7) is 0.354. The highest BCUT2D eigenvalue weighted by molar-refractivity contribution is 8.93. The quantitative estimate of drug-likeness (QED) is 0.787. The van der Waals surface area contributed by atoms with Crippen molar-refractivity contribution in [1.29, 1.82) is 0 Å². The zero-order valence-corrected chi connectivity index (χ0v) is 8.22. The molecule has 3 N–H and O–H groups in total. The van der Waals surface area contributed by atoms with E-state index in [-0.39, 0.29) is 22.7 Å². The van der Waals surface area contributed by atoms with Gasteiger partial charge in [-0.1, -0.05) is 23.7 Å². The minimum absolute atomic E-state index is 0. The molecule has 0 aromatic heterocycles. The van der Waals surface area contributed by atoms with Gasteiger partial charge in [0.25, 0.3) is 0 Å². The van der Waals surface area contributed by atoms with Crippen LogP contribution in [0.15, 0.2) is 18.2 Å². The molecule has 1 rings (SSSR count). The van der Waals surface area contributed by atoms with E-state index in [0.717, 1.165) is 5.56 Å². The van der Waals surface area contributed by atoms with E-state index in [1.807, 2.05) is 0 Å². The van der Waals surface area contributed by atoms with Crippen molar-refractivity contribution in [3.8, 4) is 5.75 Å². The van der Waals surface area contributed by atoms with Crippen molar-refractivity contribution in [1.82, 2.24) is 0 Å². The number of phenolic OH excluding ortho intramolecular Hbond substituents is 1. The minimum Gasteiger partial charge on any atom is -0.506 e. The van der Waals surface area contributed by atoms with Crippen LogP contribution in [0, 0.1) is 0 Å². The third-order valence-corrected chi connectivity index (χ3v) is 1.71. The van der Waals surface area contributed by atoms with Crippen LogP contribution in [0.5, 0.6) is 5.75 Å². The van der Waals surface area contributed by atoms with Crippen molar-refractivity contribution in [2.45, 2.75) is 6.54 Å². The van der Waals surface area contributed by atoms with Crippen LogP contribution in [-0.2, 0) is 6.54 Å². The summed E-state index contributed by atoms with van der Waals surface area (Å²) in [4.78, 5) is 0. The normalized spacial score (nSPS) is 8.91. The number of aromatic hydroxyl groups is 1. The monoisotopic (exact) mass is 237 g/mol. The molecule has 0 amide bonds. The van der Waals surface area contributed by atoms with Crippen LogP contribution in [0.25, 0.3) is 0 Å². The first-order valence-corrected chi connectivity index (χ1v) is 3.30. The summed E-state index contributed by atoms with van der Waals surface area (Å²) in [5.74, 6) is 0.0876. The van der Waals surface area contributed by atoms with E-state index in [4.69, 9.17) is 22.4 Å². The van der Waals surface area contributed by atoms with Crippen molar-refractivity contribution in [3.63, 3.8) is 0 Å². The van der Waals surface area contributed by atoms with Crippen LogP contribution in [0.2, 0.25) is 5.02 Å². The maximum absolute atomic E-state index is 9.04. The first-order chi connectivity index (χ1) is 4.75. The van der Waals surface area contributed by atoms with Crippen molar-refractivity contribution >= 4 is 28.6 Å². The summed E-state index contributed by atoms with van der Waals surface area (Å²) in [5.41, 5.74) is 6.09. The van der Waals surface area contributed by atoms with Gasteiger partial charge >= 0.3 is 0 Å². The zero-order chi connectivity index (χ0) is 7.56. The zero-order valence-electron chi connectivity index (χ0n) is 5.75. The third-order valence-electron chi connectivity index (χ3n) is 1.28. The van der Waals surface area contributed by atoms with Gasteiger partial charge in [-0.25, -0.2) is 0 Å². The molecule has 4 heteroatoms. The fourth-order valence-electron chi connectivity index (χ4n) is 0.724. The number of hydrogen-bond acceptors (Lipinski definition) is 2. The SMILES string of the molecule is Br.NCc1cccc(O)c1Cl. The Kier molecular flexibility index (Phi) is 4.49. The van der Waals surface area contributed by atoms with Crippen LogP contribution in [-0.4, -0.2) is 5.11 Å². The van der Waals surface area contributed by atoms with Gasteiger partial charge in [0.2, 0.25) is 0 Å². The van der Waals surface area contributed by atoms with Gasteiger partial charge in [-0.3, -0.25) is 0 Å². The Bertz CT molecular complexity index is 242. The summed E-state index contributed by atoms with van der Waals surface area (Å²) in [5, 5.41) is 9.40. The van der Waals surface area contributed by atoms with Gasteiger partial charge in [-0.05, 0) is 11.6 Å². The fourth-order valence-corrected chi connectivity index (χ4v) is 0.927. The second kappa shape index (κ2) is 4.59. The average Bonchev–Trinajstić information content (AvgIpc) is 1.95. The molecule has 0 spiro atoms. The van der Waals surface area contributed by atoms with E-state index in [1.165, 1.54) is 6.07 Å². The number of rotatable bonds is 1. The van der Waals surface area contributed by atoms with E-state index in [2.05, 4.69) is 0 Å². The van der Waals surface area contributed by atoms with Crippen LogP contribution in [0.3, 0.4) is 0 Å². The molecular weight excluding hydrogens is 229 g/mol. The van der Waals surface area contributed by atoms with Gasteiger partial charge in [-0.2, -0.15) is 0 Å². The molecule has 0 fully saturated rings. The average molecular weight is 239 g/mol. The Morgan fingerprint density at radius 2 is 2.09 bits per heavy atom. The van der Waals surface area contributed by atoms with Crippen LogP contribution in [0.4, 0.5) is 0 Å². The first kappa shape index (κ1) is 10.8. The van der Waals surface area contributed by atoms with Crippen molar-refractivity contribution in [2.24, 2.45) is 5.73 Å². The fraction of sp³-hybridized carbons (Fsp3) is 0.143. The largest absolute Gasteiger partial charge is 0.506 e. The lowest BCUT2D eigenvalue weighted by atomic mass is 10.2. The molecular formula is C7H9BrClNO. The van der Waals surface area contributed by atoms with Crippen LogP contribution in [0.1, 0.15) is 5.56 Å². The molecule has 0 radical (unpaired) electrons. The lowest BCUT2D eigenvalue weighted by Crippen LogP contribution is -1.96. The topological polar surface area (TPSA) is 46.2 Å². The Labute approximate surface area is 80.7 Å². The van der Waals surface area contributed by atoms with E-state index < -0.39 is 0 Å². The predicted molar refractivity (Wildman–Crippen MR) is 51.3 cm³/mol. The van der Waals surface area contributed by atoms with Crippen LogP contribution < -0.4 is 5.73 Å². The Morgan fingerprint density at radius 1 is 1.45 bits per heavy atom. The Morgan fingerprint density at radius 3 is 2.55 bits per heavy atom. The van der Waals surface area contributed by atoms with Gasteiger partial charge in [-0.15, -0.1) is 17.0 Å². The van der Waals surface area contributed by atoms with E-state index >= 15 is 0 Å². The van der Waals surface area contributed by atoms with Gasteiger partial charge in [0.05, 0.1) is 5.02 Å². The van der Waals surface area contributed by atoms with Crippen molar-refractivity contribution in [3.05, 3.63) is 28.8 Å². The van der Waals surface area contributed by atoms with Crippen molar-refractivity contribution in [2.75, 3.05) is 0 Å². The summed E-state index contributed by atoms with van der Waals surface area (Å²) >= 11 is 5.66. The van der Waals surface area contributed by atoms with E-state index in [9.17, 15) is 0 Å². The minimum atomic E-state index is 0. The molecule has 0 atom stereocenters. The maximum Gasteiger partial charge on any atom is 0.134 e. The molecule has 0 aliphatic carbocycles. The molecule has 0 bridgehead atoms. The predicted octanol–water partition coefficient (Wildman–Crippen LogP) is 2.08. The van der Waals surface area contributed by atoms with Crippen LogP contribution >= 0.6 is 28.6 Å². The van der Waals surface area contributed by atoms with Gasteiger partial charge in [0.15, 0.2) is 0 Å². The number of phenols is 1. The summed E-state index contributed by atoms with van der Waals surface area (Å²) in [6, 6.07) is 5.02. The molecule has 0 unspecified atom stereocenters. The number of benzene rings is 1. The van der Waals surface area contributed by atoms with E-state index in [1.54, 1.807) is 12.1 Å². The molecule has 0 saturated heterocycles. The molecule has 1 aromatic rings. The Balaban J connectivity index is 0.000001000. The molecule has 62 valence electrons. The molecule has 11 heavy (non-hydrogen) atoms. The number of halogens is 2. The molecule has 0 heterocycles. The second-order valence-electron chi connectivity index (χ2n) is 1.95. The second-order valence-corrected chi connectivity index (χ2v) is 2.33. The van der Waals surface area contributed by atoms with Gasteiger partial charge < -0.3 is 10.8 Å². The number of hydrogen-bond donors (Lipinski definition) is 2. The Hall–Kier alpha value is -0.250. The molecule has 0 aliphatic heterocycles. The smallest absolute Gasteiger partial charge is 0.134 e. The maximum atomic E-state index is 9.04. The summed E-state index contributed by atoms with van der Waals surface area (Å²) < 4.78 is 0. The molecule has 0 saturated carbocycles. The highest BCUT2D eigenvalue weighted by Crippen LogP contribution is 2.25. The molecule has 0 aliphatic rings. The molecule has 2 nitrogen and oxygen atoms in total. The van der Waals surface area contributed by atoms with Gasteiger partial charge in [0.1, 0.15) is 5.75 Å². The highest BCUT2D eigenvalue weighted by atomic mass is 79.9. The summed E-state index contributed by atoms with van der Waals surface area (Å²) in [7, 11) is 0. The lowest BCUT2D eigenvalue weighted by Gasteiger charge is -2.00. The molecule has 1 aromatic carbocycles.